The third-order valence-corrected chi connectivity index (χ3v) is 3.63. The average molecular weight is 291 g/mol. The van der Waals surface area contributed by atoms with E-state index in [4.69, 9.17) is 4.74 Å². The monoisotopic (exact) mass is 291 g/mol. The quantitative estimate of drug-likeness (QED) is 0.738. The number of methoxy groups -OCH3 is 1. The van der Waals surface area contributed by atoms with E-state index in [1.165, 1.54) is 0 Å². The maximum atomic E-state index is 11.6. The molecular formula is C15H21N3O3. The highest BCUT2D eigenvalue weighted by atomic mass is 16.5. The van der Waals surface area contributed by atoms with Crippen molar-refractivity contribution in [1.29, 1.82) is 0 Å². The number of nitrogens with zero attached hydrogens (tertiary/aromatic N) is 1. The fourth-order valence-corrected chi connectivity index (χ4v) is 2.42. The van der Waals surface area contributed by atoms with Gasteiger partial charge in [-0.25, -0.2) is 0 Å². The zero-order valence-electron chi connectivity index (χ0n) is 12.6. The van der Waals surface area contributed by atoms with Crippen LogP contribution in [0.1, 0.15) is 18.0 Å². The first kappa shape index (κ1) is 15.5. The highest BCUT2D eigenvalue weighted by Gasteiger charge is 2.30. The van der Waals surface area contributed by atoms with Gasteiger partial charge in [0.25, 0.3) is 0 Å². The van der Waals surface area contributed by atoms with Crippen molar-refractivity contribution in [3.8, 4) is 5.75 Å². The van der Waals surface area contributed by atoms with E-state index in [2.05, 4.69) is 15.5 Å². The highest BCUT2D eigenvalue weighted by Crippen LogP contribution is 2.22. The molecule has 1 aromatic rings. The number of amides is 2. The molecule has 0 aliphatic carbocycles. The van der Waals surface area contributed by atoms with Crippen LogP contribution in [0.4, 0.5) is 0 Å². The Kier molecular flexibility index (Phi) is 4.93. The van der Waals surface area contributed by atoms with E-state index in [9.17, 15) is 9.59 Å². The smallest absolute Gasteiger partial charge is 0.244 e. The Balaban J connectivity index is 2.05. The maximum Gasteiger partial charge on any atom is 0.244 e. The summed E-state index contributed by atoms with van der Waals surface area (Å²) in [7, 11) is 5.59. The second-order valence-corrected chi connectivity index (χ2v) is 5.33. The predicted octanol–water partition coefficient (Wildman–Crippen LogP) is 0.303. The number of benzene rings is 1. The van der Waals surface area contributed by atoms with Crippen molar-refractivity contribution in [1.82, 2.24) is 15.5 Å². The Morgan fingerprint density at radius 3 is 2.76 bits per heavy atom. The van der Waals surface area contributed by atoms with Crippen molar-refractivity contribution in [2.45, 2.75) is 18.5 Å². The maximum absolute atomic E-state index is 11.6. The van der Waals surface area contributed by atoms with Gasteiger partial charge < -0.3 is 15.0 Å². The van der Waals surface area contributed by atoms with Crippen molar-refractivity contribution in [3.63, 3.8) is 0 Å². The van der Waals surface area contributed by atoms with Gasteiger partial charge in [-0.3, -0.25) is 14.9 Å². The topological polar surface area (TPSA) is 70.7 Å². The Bertz CT molecular complexity index is 531. The van der Waals surface area contributed by atoms with E-state index >= 15 is 0 Å². The largest absolute Gasteiger partial charge is 0.497 e. The molecule has 114 valence electrons. The molecule has 21 heavy (non-hydrogen) atoms. The molecule has 1 heterocycles. The normalized spacial score (nSPS) is 19.7. The number of rotatable bonds is 6. The Morgan fingerprint density at radius 1 is 1.43 bits per heavy atom. The number of carbonyl (C=O) groups is 2. The Morgan fingerprint density at radius 2 is 2.19 bits per heavy atom. The molecule has 0 radical (unpaired) electrons. The number of hydrogen-bond donors (Lipinski definition) is 2. The molecule has 1 aliphatic rings. The number of imide groups is 1. The minimum atomic E-state index is -0.439. The van der Waals surface area contributed by atoms with Gasteiger partial charge in [0.15, 0.2) is 0 Å². The first-order valence-corrected chi connectivity index (χ1v) is 6.88. The van der Waals surface area contributed by atoms with Crippen molar-refractivity contribution < 1.29 is 14.3 Å². The van der Waals surface area contributed by atoms with Gasteiger partial charge >= 0.3 is 0 Å². The van der Waals surface area contributed by atoms with Gasteiger partial charge in [-0.05, 0) is 31.8 Å². The zero-order chi connectivity index (χ0) is 15.4. The molecule has 1 saturated heterocycles. The Hall–Kier alpha value is -1.92. The molecule has 6 nitrogen and oxygen atoms in total. The predicted molar refractivity (Wildman–Crippen MR) is 79.0 cm³/mol. The molecule has 1 aliphatic heterocycles. The zero-order valence-corrected chi connectivity index (χ0v) is 12.6. The van der Waals surface area contributed by atoms with E-state index in [-0.39, 0.29) is 24.3 Å². The molecule has 1 fully saturated rings. The van der Waals surface area contributed by atoms with Gasteiger partial charge in [0.05, 0.1) is 19.6 Å². The summed E-state index contributed by atoms with van der Waals surface area (Å²) in [5.74, 6) is 0.330. The third-order valence-electron chi connectivity index (χ3n) is 3.63. The lowest BCUT2D eigenvalue weighted by Gasteiger charge is -2.26. The van der Waals surface area contributed by atoms with Crippen molar-refractivity contribution in [2.24, 2.45) is 0 Å². The molecule has 6 heteroatoms. The summed E-state index contributed by atoms with van der Waals surface area (Å²) < 4.78 is 5.25. The highest BCUT2D eigenvalue weighted by molar-refractivity contribution is 6.05. The first-order chi connectivity index (χ1) is 10.0. The SMILES string of the molecule is COc1cccc(C(CNC2CC(=O)NC2=O)N(C)C)c1. The lowest BCUT2D eigenvalue weighted by Crippen LogP contribution is -2.41. The lowest BCUT2D eigenvalue weighted by atomic mass is 10.0. The van der Waals surface area contributed by atoms with E-state index in [1.807, 2.05) is 38.4 Å². The first-order valence-electron chi connectivity index (χ1n) is 6.88. The molecule has 0 spiro atoms. The minimum Gasteiger partial charge on any atom is -0.497 e. The fourth-order valence-electron chi connectivity index (χ4n) is 2.42. The van der Waals surface area contributed by atoms with E-state index in [1.54, 1.807) is 7.11 Å². The van der Waals surface area contributed by atoms with Crippen LogP contribution >= 0.6 is 0 Å². The Labute approximate surface area is 124 Å². The molecule has 2 unspecified atom stereocenters. The summed E-state index contributed by atoms with van der Waals surface area (Å²) in [5, 5.41) is 5.47. The number of ether oxygens (including phenoxy) is 1. The van der Waals surface area contributed by atoms with Crippen molar-refractivity contribution in [3.05, 3.63) is 29.8 Å². The summed E-state index contributed by atoms with van der Waals surface area (Å²) in [6, 6.07) is 7.48. The molecular weight excluding hydrogens is 270 g/mol. The molecule has 0 aromatic heterocycles. The molecule has 0 bridgehead atoms. The van der Waals surface area contributed by atoms with Gasteiger partial charge in [-0.2, -0.15) is 0 Å². The van der Waals surface area contributed by atoms with Crippen LogP contribution in [0.5, 0.6) is 5.75 Å². The number of nitrogens with one attached hydrogen (secondary N) is 2. The van der Waals surface area contributed by atoms with Crippen LogP contribution < -0.4 is 15.4 Å². The number of likely N-dealkylation sites (N-methyl/N-ethyl adjacent to an activating group) is 1. The molecule has 0 saturated carbocycles. The van der Waals surface area contributed by atoms with Gasteiger partial charge in [0, 0.05) is 12.6 Å². The summed E-state index contributed by atoms with van der Waals surface area (Å²) in [6.07, 6.45) is 0.205. The molecule has 2 atom stereocenters. The summed E-state index contributed by atoms with van der Waals surface area (Å²) in [5.41, 5.74) is 1.09. The summed E-state index contributed by atoms with van der Waals surface area (Å²) in [6.45, 7) is 0.575. The number of carbonyl (C=O) groups excluding carboxylic acids is 2. The second kappa shape index (κ2) is 6.69. The summed E-state index contributed by atoms with van der Waals surface area (Å²) in [4.78, 5) is 24.8. The second-order valence-electron chi connectivity index (χ2n) is 5.33. The van der Waals surface area contributed by atoms with Crippen LogP contribution in [0, 0.1) is 0 Å². The third kappa shape index (κ3) is 3.80. The standard InChI is InChI=1S/C15H21N3O3/c1-18(2)13(10-5-4-6-11(7-10)21-3)9-16-12-8-14(19)17-15(12)20/h4-7,12-13,16H,8-9H2,1-3H3,(H,17,19,20). The molecule has 2 N–H and O–H groups in total. The van der Waals surface area contributed by atoms with Crippen LogP contribution in [0.15, 0.2) is 24.3 Å². The van der Waals surface area contributed by atoms with Crippen molar-refractivity contribution in [2.75, 3.05) is 27.7 Å². The average Bonchev–Trinajstić information content (AvgIpc) is 2.77. The minimum absolute atomic E-state index is 0.0867. The van der Waals surface area contributed by atoms with E-state index < -0.39 is 6.04 Å². The van der Waals surface area contributed by atoms with Crippen LogP contribution in [-0.2, 0) is 9.59 Å². The van der Waals surface area contributed by atoms with Crippen LogP contribution in [0.25, 0.3) is 0 Å². The van der Waals surface area contributed by atoms with E-state index in [0.717, 1.165) is 11.3 Å². The van der Waals surface area contributed by atoms with Crippen LogP contribution in [0.2, 0.25) is 0 Å². The van der Waals surface area contributed by atoms with Crippen molar-refractivity contribution >= 4 is 11.8 Å². The van der Waals surface area contributed by atoms with Crippen LogP contribution in [0.3, 0.4) is 0 Å². The fraction of sp³-hybridized carbons (Fsp3) is 0.467. The van der Waals surface area contributed by atoms with Crippen LogP contribution in [-0.4, -0.2) is 50.5 Å². The van der Waals surface area contributed by atoms with Gasteiger partial charge in [0.2, 0.25) is 11.8 Å². The number of hydrogen-bond acceptors (Lipinski definition) is 5. The van der Waals surface area contributed by atoms with Gasteiger partial charge in [0.1, 0.15) is 5.75 Å². The summed E-state index contributed by atoms with van der Waals surface area (Å²) >= 11 is 0. The molecule has 2 amide bonds. The van der Waals surface area contributed by atoms with E-state index in [0.29, 0.717) is 6.54 Å². The van der Waals surface area contributed by atoms with Gasteiger partial charge in [-0.15, -0.1) is 0 Å². The molecule has 2 rings (SSSR count). The molecule has 1 aromatic carbocycles. The lowest BCUT2D eigenvalue weighted by molar-refractivity contribution is -0.125. The van der Waals surface area contributed by atoms with Gasteiger partial charge in [-0.1, -0.05) is 12.1 Å².